The Hall–Kier alpha value is -3.87. The second kappa shape index (κ2) is 8.47. The summed E-state index contributed by atoms with van der Waals surface area (Å²) in [6.45, 7) is 0.836. The highest BCUT2D eigenvalue weighted by Crippen LogP contribution is 2.54. The van der Waals surface area contributed by atoms with Crippen LogP contribution in [-0.2, 0) is 4.79 Å². The van der Waals surface area contributed by atoms with E-state index < -0.39 is 23.2 Å². The molecule has 3 N–H and O–H groups in total. The summed E-state index contributed by atoms with van der Waals surface area (Å²) in [5, 5.41) is 38.5. The van der Waals surface area contributed by atoms with E-state index in [0.717, 1.165) is 5.57 Å². The summed E-state index contributed by atoms with van der Waals surface area (Å²) in [5.74, 6) is -1.93. The van der Waals surface area contributed by atoms with Crippen molar-refractivity contribution in [2.45, 2.75) is 5.92 Å². The van der Waals surface area contributed by atoms with Gasteiger partial charge in [-0.05, 0) is 30.3 Å². The van der Waals surface area contributed by atoms with Gasteiger partial charge in [0.15, 0.2) is 23.5 Å². The van der Waals surface area contributed by atoms with Crippen LogP contribution in [0.15, 0.2) is 29.8 Å². The average molecular weight is 418 g/mol. The van der Waals surface area contributed by atoms with Crippen LogP contribution < -0.4 is 15.2 Å². The number of rotatable bonds is 5. The number of methoxy groups -OCH3 is 1. The first kappa shape index (κ1) is 21.8. The van der Waals surface area contributed by atoms with Crippen molar-refractivity contribution in [2.24, 2.45) is 23.0 Å². The Morgan fingerprint density at radius 2 is 2.03 bits per heavy atom. The fourth-order valence-corrected chi connectivity index (χ4v) is 4.47. The van der Waals surface area contributed by atoms with E-state index in [9.17, 15) is 20.6 Å². The molecule has 3 rings (SSSR count). The fraction of sp³-hybridized carbons (Fsp3) is 0.409. The highest BCUT2D eigenvalue weighted by atomic mass is 16.5. The normalized spacial score (nSPS) is 24.5. The van der Waals surface area contributed by atoms with Crippen molar-refractivity contribution in [1.29, 1.82) is 21.2 Å². The van der Waals surface area contributed by atoms with Gasteiger partial charge in [-0.3, -0.25) is 4.79 Å². The zero-order valence-electron chi connectivity index (χ0n) is 17.3. The Morgan fingerprint density at radius 3 is 2.61 bits per heavy atom. The number of amides is 1. The second-order valence-corrected chi connectivity index (χ2v) is 7.68. The number of ether oxygens (including phenoxy) is 2. The lowest BCUT2D eigenvalue weighted by molar-refractivity contribution is -0.119. The summed E-state index contributed by atoms with van der Waals surface area (Å²) in [6, 6.07) is 11.2. The maximum Gasteiger partial charge on any atom is 0.255 e. The van der Waals surface area contributed by atoms with Crippen molar-refractivity contribution in [2.75, 3.05) is 33.9 Å². The molecule has 0 spiro atoms. The van der Waals surface area contributed by atoms with Crippen LogP contribution in [0.3, 0.4) is 0 Å². The van der Waals surface area contributed by atoms with Crippen molar-refractivity contribution in [1.82, 2.24) is 4.90 Å². The molecule has 1 amide bonds. The van der Waals surface area contributed by atoms with Crippen LogP contribution in [0.25, 0.3) is 0 Å². The standard InChI is InChI=1S/C22H22N6O3/c1-28-6-5-14-15(8-23)21(27)22(11-24,12-25)20(16(14)9-28)13-3-4-17(18(7-13)30-2)31-10-19(26)29/h3-5,7,15-16,20,27H,6,9-10H2,1-2H3,(H2,26,29)/t15?,16-,20+/m0/s1. The van der Waals surface area contributed by atoms with Crippen molar-refractivity contribution in [3.8, 4) is 29.7 Å². The molecule has 1 saturated carbocycles. The maximum atomic E-state index is 11.1. The Bertz CT molecular complexity index is 1060. The van der Waals surface area contributed by atoms with E-state index in [4.69, 9.17) is 20.6 Å². The first-order valence-corrected chi connectivity index (χ1v) is 9.61. The molecule has 0 bridgehead atoms. The third-order valence-corrected chi connectivity index (χ3v) is 5.89. The van der Waals surface area contributed by atoms with Gasteiger partial charge in [-0.2, -0.15) is 15.8 Å². The van der Waals surface area contributed by atoms with E-state index in [1.54, 1.807) is 18.2 Å². The monoisotopic (exact) mass is 418 g/mol. The van der Waals surface area contributed by atoms with E-state index in [0.29, 0.717) is 30.2 Å². The molecule has 0 radical (unpaired) electrons. The van der Waals surface area contributed by atoms with Gasteiger partial charge in [-0.25, -0.2) is 0 Å². The summed E-state index contributed by atoms with van der Waals surface area (Å²) < 4.78 is 10.8. The van der Waals surface area contributed by atoms with Gasteiger partial charge in [-0.15, -0.1) is 0 Å². The molecule has 1 heterocycles. The minimum Gasteiger partial charge on any atom is -0.493 e. The highest BCUT2D eigenvalue weighted by molar-refractivity contribution is 6.00. The number of hydrogen-bond acceptors (Lipinski definition) is 8. The molecule has 1 aromatic carbocycles. The smallest absolute Gasteiger partial charge is 0.255 e. The van der Waals surface area contributed by atoms with Gasteiger partial charge < -0.3 is 25.5 Å². The quantitative estimate of drug-likeness (QED) is 0.682. The molecule has 1 fully saturated rings. The zero-order valence-corrected chi connectivity index (χ0v) is 17.3. The molecule has 1 aliphatic heterocycles. The van der Waals surface area contributed by atoms with Crippen molar-refractivity contribution >= 4 is 11.6 Å². The summed E-state index contributed by atoms with van der Waals surface area (Å²) >= 11 is 0. The molecule has 0 aromatic heterocycles. The number of likely N-dealkylation sites (N-methyl/N-ethyl adjacent to an activating group) is 1. The van der Waals surface area contributed by atoms with Gasteiger partial charge in [0, 0.05) is 24.9 Å². The van der Waals surface area contributed by atoms with E-state index >= 15 is 0 Å². The number of nitrogens with two attached hydrogens (primary N) is 1. The van der Waals surface area contributed by atoms with Gasteiger partial charge in [0.05, 0.1) is 31.0 Å². The molecule has 0 saturated heterocycles. The number of primary amides is 1. The van der Waals surface area contributed by atoms with Crippen LogP contribution in [0.4, 0.5) is 0 Å². The molecule has 1 aromatic rings. The van der Waals surface area contributed by atoms with Crippen LogP contribution in [-0.4, -0.2) is 50.4 Å². The number of nitrogens with one attached hydrogen (secondary N) is 1. The van der Waals surface area contributed by atoms with Gasteiger partial charge >= 0.3 is 0 Å². The first-order valence-electron chi connectivity index (χ1n) is 9.61. The predicted octanol–water partition coefficient (Wildman–Crippen LogP) is 1.34. The van der Waals surface area contributed by atoms with Crippen molar-refractivity contribution in [3.05, 3.63) is 35.4 Å². The van der Waals surface area contributed by atoms with E-state index in [1.165, 1.54) is 7.11 Å². The van der Waals surface area contributed by atoms with Crippen LogP contribution in [0.1, 0.15) is 11.5 Å². The van der Waals surface area contributed by atoms with E-state index in [2.05, 4.69) is 18.2 Å². The lowest BCUT2D eigenvalue weighted by Gasteiger charge is -2.47. The Morgan fingerprint density at radius 1 is 1.32 bits per heavy atom. The van der Waals surface area contributed by atoms with Crippen LogP contribution in [0.2, 0.25) is 0 Å². The van der Waals surface area contributed by atoms with Gasteiger partial charge in [0.2, 0.25) is 0 Å². The number of carbonyl (C=O) groups is 1. The third-order valence-electron chi connectivity index (χ3n) is 5.89. The molecule has 9 heteroatoms. The molecule has 9 nitrogen and oxygen atoms in total. The maximum absolute atomic E-state index is 11.1. The molecule has 2 aliphatic rings. The zero-order chi connectivity index (χ0) is 22.8. The highest BCUT2D eigenvalue weighted by Gasteiger charge is 2.57. The molecule has 3 atom stereocenters. The summed E-state index contributed by atoms with van der Waals surface area (Å²) in [5.41, 5.74) is 4.51. The number of hydrogen-bond donors (Lipinski definition) is 2. The largest absolute Gasteiger partial charge is 0.493 e. The Labute approximate surface area is 180 Å². The summed E-state index contributed by atoms with van der Waals surface area (Å²) in [4.78, 5) is 13.1. The van der Waals surface area contributed by atoms with Gasteiger partial charge in [0.1, 0.15) is 5.92 Å². The van der Waals surface area contributed by atoms with Crippen LogP contribution in [0, 0.1) is 56.7 Å². The number of carbonyl (C=O) groups excluding carboxylic acids is 1. The topological polar surface area (TPSA) is 160 Å². The average Bonchev–Trinajstić information content (AvgIpc) is 2.77. The van der Waals surface area contributed by atoms with Gasteiger partial charge in [-0.1, -0.05) is 12.1 Å². The molecule has 1 unspecified atom stereocenters. The van der Waals surface area contributed by atoms with Crippen LogP contribution >= 0.6 is 0 Å². The molecule has 1 aliphatic carbocycles. The Kier molecular flexibility index (Phi) is 5.97. The van der Waals surface area contributed by atoms with E-state index in [1.807, 2.05) is 18.0 Å². The number of benzene rings is 1. The molecule has 158 valence electrons. The number of fused-ring (bicyclic) bond motifs is 1. The first-order chi connectivity index (χ1) is 14.8. The lowest BCUT2D eigenvalue weighted by Crippen LogP contribution is -2.52. The third kappa shape index (κ3) is 3.59. The Balaban J connectivity index is 2.18. The van der Waals surface area contributed by atoms with Crippen molar-refractivity contribution < 1.29 is 14.3 Å². The predicted molar refractivity (Wildman–Crippen MR) is 110 cm³/mol. The molecular weight excluding hydrogens is 396 g/mol. The lowest BCUT2D eigenvalue weighted by atomic mass is 9.54. The van der Waals surface area contributed by atoms with Crippen molar-refractivity contribution in [3.63, 3.8) is 0 Å². The SMILES string of the molecule is COc1cc([C@@H]2[C@H]3CN(C)CC=C3C(C#N)C(=N)C2(C#N)C#N)ccc1OCC(N)=O. The second-order valence-electron chi connectivity index (χ2n) is 7.68. The minimum absolute atomic E-state index is 0.204. The number of nitrogens with zero attached hydrogens (tertiary/aromatic N) is 4. The molecular formula is C22H22N6O3. The summed E-state index contributed by atoms with van der Waals surface area (Å²) in [6.07, 6.45) is 1.92. The fourth-order valence-electron chi connectivity index (χ4n) is 4.47. The van der Waals surface area contributed by atoms with Gasteiger partial charge in [0.25, 0.3) is 5.91 Å². The summed E-state index contributed by atoms with van der Waals surface area (Å²) in [7, 11) is 3.36. The molecule has 31 heavy (non-hydrogen) atoms. The van der Waals surface area contributed by atoms with E-state index in [-0.39, 0.29) is 18.2 Å². The minimum atomic E-state index is -1.80. The van der Waals surface area contributed by atoms with Crippen LogP contribution in [0.5, 0.6) is 11.5 Å². The number of nitriles is 3.